The molecule has 5 heteroatoms. The van der Waals surface area contributed by atoms with Crippen LogP contribution in [0.5, 0.6) is 0 Å². The summed E-state index contributed by atoms with van der Waals surface area (Å²) in [6.07, 6.45) is 3.49. The van der Waals surface area contributed by atoms with Gasteiger partial charge in [0, 0.05) is 32.7 Å². The van der Waals surface area contributed by atoms with Crippen LogP contribution in [0.25, 0.3) is 0 Å². The molecular formula is C20H28N2O3. The maximum Gasteiger partial charge on any atom is 0.225 e. The van der Waals surface area contributed by atoms with Crippen LogP contribution in [0.1, 0.15) is 44.2 Å². The van der Waals surface area contributed by atoms with Gasteiger partial charge in [-0.3, -0.25) is 9.59 Å². The summed E-state index contributed by atoms with van der Waals surface area (Å²) in [5.74, 6) is 0.506. The highest BCUT2D eigenvalue weighted by Gasteiger charge is 2.36. The second kappa shape index (κ2) is 8.48. The van der Waals surface area contributed by atoms with Crippen LogP contribution < -0.4 is 5.32 Å². The lowest BCUT2D eigenvalue weighted by Gasteiger charge is -2.25. The predicted molar refractivity (Wildman–Crippen MR) is 95.8 cm³/mol. The van der Waals surface area contributed by atoms with Gasteiger partial charge in [-0.05, 0) is 37.7 Å². The number of nitrogens with zero attached hydrogens (tertiary/aromatic N) is 1. The SMILES string of the molecule is CC(c1ccccc1)N1CC(C(=O)NCCC2CCOCC2)CC1=O. The lowest BCUT2D eigenvalue weighted by atomic mass is 9.96. The molecule has 2 fully saturated rings. The van der Waals surface area contributed by atoms with Crippen LogP contribution in [0.15, 0.2) is 30.3 Å². The second-order valence-corrected chi connectivity index (χ2v) is 7.17. The number of nitrogens with one attached hydrogen (secondary N) is 1. The van der Waals surface area contributed by atoms with Crippen LogP contribution >= 0.6 is 0 Å². The molecule has 0 spiro atoms. The first-order valence-corrected chi connectivity index (χ1v) is 9.35. The molecule has 1 N–H and O–H groups in total. The topological polar surface area (TPSA) is 58.6 Å². The summed E-state index contributed by atoms with van der Waals surface area (Å²) in [5.41, 5.74) is 1.11. The van der Waals surface area contributed by atoms with E-state index in [0.29, 0.717) is 25.4 Å². The highest BCUT2D eigenvalue weighted by atomic mass is 16.5. The molecule has 2 amide bonds. The quantitative estimate of drug-likeness (QED) is 0.863. The van der Waals surface area contributed by atoms with Crippen LogP contribution in [0.2, 0.25) is 0 Å². The Morgan fingerprint density at radius 2 is 2.00 bits per heavy atom. The standard InChI is InChI=1S/C20H28N2O3/c1-15(17-5-3-2-4-6-17)22-14-18(13-19(22)23)20(24)21-10-7-16-8-11-25-12-9-16/h2-6,15-16,18H,7-14H2,1H3,(H,21,24). The Balaban J connectivity index is 1.47. The number of carbonyl (C=O) groups excluding carboxylic acids is 2. The number of rotatable bonds is 6. The average Bonchev–Trinajstić information content (AvgIpc) is 3.04. The van der Waals surface area contributed by atoms with Crippen LogP contribution in [0.4, 0.5) is 0 Å². The molecule has 1 aromatic carbocycles. The van der Waals surface area contributed by atoms with Crippen molar-refractivity contribution in [2.45, 2.75) is 38.6 Å². The number of likely N-dealkylation sites (tertiary alicyclic amines) is 1. The zero-order chi connectivity index (χ0) is 17.6. The Labute approximate surface area is 149 Å². The molecule has 2 aliphatic rings. The van der Waals surface area contributed by atoms with E-state index in [-0.39, 0.29) is 23.8 Å². The van der Waals surface area contributed by atoms with Gasteiger partial charge in [0.25, 0.3) is 0 Å². The molecule has 1 aromatic rings. The van der Waals surface area contributed by atoms with Crippen molar-refractivity contribution in [1.82, 2.24) is 10.2 Å². The molecule has 0 aromatic heterocycles. The molecule has 2 saturated heterocycles. The van der Waals surface area contributed by atoms with Gasteiger partial charge in [-0.25, -0.2) is 0 Å². The molecule has 25 heavy (non-hydrogen) atoms. The van der Waals surface area contributed by atoms with Crippen molar-refractivity contribution < 1.29 is 14.3 Å². The van der Waals surface area contributed by atoms with E-state index in [4.69, 9.17) is 4.74 Å². The largest absolute Gasteiger partial charge is 0.381 e. The summed E-state index contributed by atoms with van der Waals surface area (Å²) in [6, 6.07) is 9.99. The fourth-order valence-corrected chi connectivity index (χ4v) is 3.77. The van der Waals surface area contributed by atoms with Crippen LogP contribution in [0.3, 0.4) is 0 Å². The van der Waals surface area contributed by atoms with Crippen molar-refractivity contribution >= 4 is 11.8 Å². The number of carbonyl (C=O) groups is 2. The van der Waals surface area contributed by atoms with Gasteiger partial charge in [-0.1, -0.05) is 30.3 Å². The monoisotopic (exact) mass is 344 g/mol. The minimum atomic E-state index is -0.228. The molecule has 2 heterocycles. The smallest absolute Gasteiger partial charge is 0.225 e. The van der Waals surface area contributed by atoms with E-state index < -0.39 is 0 Å². The van der Waals surface area contributed by atoms with Gasteiger partial charge in [-0.2, -0.15) is 0 Å². The maximum absolute atomic E-state index is 12.4. The molecule has 0 radical (unpaired) electrons. The molecule has 0 aliphatic carbocycles. The number of hydrogen-bond acceptors (Lipinski definition) is 3. The van der Waals surface area contributed by atoms with Gasteiger partial charge >= 0.3 is 0 Å². The van der Waals surface area contributed by atoms with Gasteiger partial charge in [0.15, 0.2) is 0 Å². The second-order valence-electron chi connectivity index (χ2n) is 7.17. The highest BCUT2D eigenvalue weighted by molar-refractivity contribution is 5.89. The normalized spacial score (nSPS) is 22.8. The predicted octanol–water partition coefficient (Wildman–Crippen LogP) is 2.53. The molecule has 2 atom stereocenters. The van der Waals surface area contributed by atoms with Crippen molar-refractivity contribution in [3.63, 3.8) is 0 Å². The van der Waals surface area contributed by atoms with Gasteiger partial charge in [0.05, 0.1) is 12.0 Å². The summed E-state index contributed by atoms with van der Waals surface area (Å²) < 4.78 is 5.36. The molecule has 2 unspecified atom stereocenters. The summed E-state index contributed by atoms with van der Waals surface area (Å²) in [7, 11) is 0. The van der Waals surface area contributed by atoms with Crippen LogP contribution in [0, 0.1) is 11.8 Å². The summed E-state index contributed by atoms with van der Waals surface area (Å²) >= 11 is 0. The first-order valence-electron chi connectivity index (χ1n) is 9.35. The minimum absolute atomic E-state index is 0.00809. The van der Waals surface area contributed by atoms with Gasteiger partial charge < -0.3 is 15.0 Å². The molecule has 2 aliphatic heterocycles. The summed E-state index contributed by atoms with van der Waals surface area (Å²) in [4.78, 5) is 26.6. The molecule has 3 rings (SSSR count). The van der Waals surface area contributed by atoms with E-state index in [1.807, 2.05) is 42.2 Å². The Kier molecular flexibility index (Phi) is 6.08. The summed E-state index contributed by atoms with van der Waals surface area (Å²) in [6.45, 7) is 4.91. The van der Waals surface area contributed by atoms with Crippen molar-refractivity contribution in [2.24, 2.45) is 11.8 Å². The fraction of sp³-hybridized carbons (Fsp3) is 0.600. The third-order valence-electron chi connectivity index (χ3n) is 5.47. The third-order valence-corrected chi connectivity index (χ3v) is 5.47. The zero-order valence-corrected chi connectivity index (χ0v) is 14.9. The van der Waals surface area contributed by atoms with Crippen LogP contribution in [-0.2, 0) is 14.3 Å². The maximum atomic E-state index is 12.4. The van der Waals surface area contributed by atoms with E-state index >= 15 is 0 Å². The Hall–Kier alpha value is -1.88. The van der Waals surface area contributed by atoms with Crippen LogP contribution in [-0.4, -0.2) is 43.0 Å². The molecule has 136 valence electrons. The molecule has 0 saturated carbocycles. The Morgan fingerprint density at radius 3 is 2.72 bits per heavy atom. The molecule has 0 bridgehead atoms. The van der Waals surface area contributed by atoms with Crippen molar-refractivity contribution in [2.75, 3.05) is 26.3 Å². The van der Waals surface area contributed by atoms with E-state index in [0.717, 1.165) is 38.0 Å². The van der Waals surface area contributed by atoms with Crippen molar-refractivity contribution in [3.05, 3.63) is 35.9 Å². The van der Waals surface area contributed by atoms with E-state index in [1.54, 1.807) is 0 Å². The Bertz CT molecular complexity index is 584. The number of ether oxygens (including phenoxy) is 1. The first kappa shape index (κ1) is 17.9. The highest BCUT2D eigenvalue weighted by Crippen LogP contribution is 2.28. The summed E-state index contributed by atoms with van der Waals surface area (Å²) in [5, 5.41) is 3.03. The zero-order valence-electron chi connectivity index (χ0n) is 14.9. The average molecular weight is 344 g/mol. The van der Waals surface area contributed by atoms with Crippen molar-refractivity contribution in [3.8, 4) is 0 Å². The van der Waals surface area contributed by atoms with Crippen molar-refractivity contribution in [1.29, 1.82) is 0 Å². The van der Waals surface area contributed by atoms with Gasteiger partial charge in [-0.15, -0.1) is 0 Å². The molecular weight excluding hydrogens is 316 g/mol. The molecule has 5 nitrogen and oxygen atoms in total. The third kappa shape index (κ3) is 4.60. The number of hydrogen-bond donors (Lipinski definition) is 1. The minimum Gasteiger partial charge on any atom is -0.381 e. The van der Waals surface area contributed by atoms with E-state index in [1.165, 1.54) is 0 Å². The number of amides is 2. The van der Waals surface area contributed by atoms with Gasteiger partial charge in [0.1, 0.15) is 0 Å². The van der Waals surface area contributed by atoms with E-state index in [2.05, 4.69) is 5.32 Å². The fourth-order valence-electron chi connectivity index (χ4n) is 3.77. The Morgan fingerprint density at radius 1 is 1.28 bits per heavy atom. The van der Waals surface area contributed by atoms with Gasteiger partial charge in [0.2, 0.25) is 11.8 Å². The number of benzene rings is 1. The first-order chi connectivity index (χ1) is 12.1. The van der Waals surface area contributed by atoms with E-state index in [9.17, 15) is 9.59 Å². The lowest BCUT2D eigenvalue weighted by molar-refractivity contribution is -0.130. The lowest BCUT2D eigenvalue weighted by Crippen LogP contribution is -2.35.